The van der Waals surface area contributed by atoms with E-state index in [9.17, 15) is 22.8 Å². The van der Waals surface area contributed by atoms with Crippen molar-refractivity contribution < 1.29 is 22.7 Å². The Kier molecular flexibility index (Phi) is 7.00. The summed E-state index contributed by atoms with van der Waals surface area (Å²) in [5.41, 5.74) is -1.06. The topological polar surface area (TPSA) is 66.1 Å². The standard InChI is InChI=1S/C21H18Cl2F3N3O3/c1-3-29-13(10-28-11-27-9-17(28)21(24,25)26)8-16(30)18(20(31)32-4-2)19(29)12-5-6-14(22)15(23)7-12/h5-9,11H,3-4,10H2,1-2H3. The fraction of sp³-hybridized carbons (Fsp3) is 0.286. The van der Waals surface area contributed by atoms with Gasteiger partial charge in [-0.15, -0.1) is 0 Å². The maximum absolute atomic E-state index is 13.3. The summed E-state index contributed by atoms with van der Waals surface area (Å²) in [5.74, 6) is -0.842. The lowest BCUT2D eigenvalue weighted by atomic mass is 10.0. The van der Waals surface area contributed by atoms with E-state index in [1.165, 1.54) is 12.1 Å². The van der Waals surface area contributed by atoms with E-state index in [1.54, 1.807) is 24.5 Å². The number of esters is 1. The fourth-order valence-electron chi connectivity index (χ4n) is 3.39. The normalized spacial score (nSPS) is 11.6. The second-order valence-electron chi connectivity index (χ2n) is 6.72. The lowest BCUT2D eigenvalue weighted by Crippen LogP contribution is -2.26. The Morgan fingerprint density at radius 1 is 1.16 bits per heavy atom. The predicted octanol–water partition coefficient (Wildman–Crippen LogP) is 5.28. The Morgan fingerprint density at radius 3 is 2.47 bits per heavy atom. The van der Waals surface area contributed by atoms with E-state index in [1.807, 2.05) is 0 Å². The zero-order chi connectivity index (χ0) is 23.6. The number of benzene rings is 1. The molecule has 3 rings (SSSR count). The lowest BCUT2D eigenvalue weighted by molar-refractivity contribution is -0.143. The van der Waals surface area contributed by atoms with Crippen molar-refractivity contribution in [2.24, 2.45) is 0 Å². The third-order valence-electron chi connectivity index (χ3n) is 4.72. The average molecular weight is 488 g/mol. The van der Waals surface area contributed by atoms with E-state index < -0.39 is 23.3 Å². The summed E-state index contributed by atoms with van der Waals surface area (Å²) in [6.45, 7) is 3.32. The first-order valence-corrected chi connectivity index (χ1v) is 10.3. The number of carbonyl (C=O) groups is 1. The average Bonchev–Trinajstić information content (AvgIpc) is 3.18. The van der Waals surface area contributed by atoms with Crippen molar-refractivity contribution in [1.82, 2.24) is 14.1 Å². The molecule has 0 unspecified atom stereocenters. The molecule has 2 aromatic heterocycles. The number of aromatic nitrogens is 3. The Morgan fingerprint density at radius 2 is 1.88 bits per heavy atom. The number of alkyl halides is 3. The van der Waals surface area contributed by atoms with E-state index >= 15 is 0 Å². The molecule has 32 heavy (non-hydrogen) atoms. The van der Waals surface area contributed by atoms with Gasteiger partial charge in [0.25, 0.3) is 0 Å². The molecule has 0 saturated carbocycles. The molecule has 0 radical (unpaired) electrons. The van der Waals surface area contributed by atoms with Gasteiger partial charge in [-0.2, -0.15) is 13.2 Å². The van der Waals surface area contributed by atoms with Gasteiger partial charge in [0.1, 0.15) is 11.3 Å². The van der Waals surface area contributed by atoms with Gasteiger partial charge in [-0.25, -0.2) is 9.78 Å². The number of pyridine rings is 1. The maximum Gasteiger partial charge on any atom is 0.433 e. The number of ether oxygens (including phenoxy) is 1. The quantitative estimate of drug-likeness (QED) is 0.443. The summed E-state index contributed by atoms with van der Waals surface area (Å²) >= 11 is 12.1. The fourth-order valence-corrected chi connectivity index (χ4v) is 3.69. The first-order chi connectivity index (χ1) is 15.1. The number of nitrogens with zero attached hydrogens (tertiary/aromatic N) is 3. The molecular formula is C21H18Cl2F3N3O3. The molecule has 0 aliphatic rings. The van der Waals surface area contributed by atoms with Crippen molar-refractivity contribution >= 4 is 29.2 Å². The van der Waals surface area contributed by atoms with Crippen LogP contribution in [0, 0.1) is 0 Å². The second-order valence-corrected chi connectivity index (χ2v) is 7.54. The van der Waals surface area contributed by atoms with Crippen LogP contribution < -0.4 is 5.43 Å². The number of rotatable bonds is 6. The summed E-state index contributed by atoms with van der Waals surface area (Å²) in [6.07, 6.45) is -2.88. The van der Waals surface area contributed by atoms with Gasteiger partial charge >= 0.3 is 12.1 Å². The molecule has 6 nitrogen and oxygen atoms in total. The first-order valence-electron chi connectivity index (χ1n) is 9.55. The predicted molar refractivity (Wildman–Crippen MR) is 114 cm³/mol. The van der Waals surface area contributed by atoms with Crippen LogP contribution in [0.3, 0.4) is 0 Å². The highest BCUT2D eigenvalue weighted by molar-refractivity contribution is 6.42. The Bertz CT molecular complexity index is 1220. The van der Waals surface area contributed by atoms with Crippen LogP contribution in [-0.4, -0.2) is 26.7 Å². The molecule has 0 bridgehead atoms. The highest BCUT2D eigenvalue weighted by Crippen LogP contribution is 2.32. The number of hydrogen-bond acceptors (Lipinski definition) is 4. The Labute approximate surface area is 191 Å². The highest BCUT2D eigenvalue weighted by Gasteiger charge is 2.35. The zero-order valence-electron chi connectivity index (χ0n) is 17.0. The van der Waals surface area contributed by atoms with E-state index in [-0.39, 0.29) is 46.7 Å². The largest absolute Gasteiger partial charge is 0.462 e. The van der Waals surface area contributed by atoms with Gasteiger partial charge in [0.15, 0.2) is 5.43 Å². The molecule has 0 amide bonds. The minimum atomic E-state index is -4.62. The van der Waals surface area contributed by atoms with Gasteiger partial charge in [-0.3, -0.25) is 4.79 Å². The van der Waals surface area contributed by atoms with E-state index in [2.05, 4.69) is 4.98 Å². The molecule has 1 aromatic carbocycles. The zero-order valence-corrected chi connectivity index (χ0v) is 18.6. The van der Waals surface area contributed by atoms with E-state index in [0.29, 0.717) is 11.8 Å². The molecule has 170 valence electrons. The van der Waals surface area contributed by atoms with Crippen LogP contribution in [0.2, 0.25) is 10.0 Å². The van der Waals surface area contributed by atoms with Crippen molar-refractivity contribution in [1.29, 1.82) is 0 Å². The van der Waals surface area contributed by atoms with Gasteiger partial charge in [0.2, 0.25) is 0 Å². The van der Waals surface area contributed by atoms with E-state index in [0.717, 1.165) is 17.0 Å². The summed E-state index contributed by atoms with van der Waals surface area (Å²) in [6, 6.07) is 5.69. The van der Waals surface area contributed by atoms with Crippen LogP contribution in [0.25, 0.3) is 11.3 Å². The SMILES string of the molecule is CCOC(=O)c1c(-c2ccc(Cl)c(Cl)c2)n(CC)c(Cn2cncc2C(F)(F)F)cc1=O. The highest BCUT2D eigenvalue weighted by atomic mass is 35.5. The molecule has 0 N–H and O–H groups in total. The van der Waals surface area contributed by atoms with Crippen LogP contribution in [0.15, 0.2) is 41.6 Å². The lowest BCUT2D eigenvalue weighted by Gasteiger charge is -2.21. The molecule has 0 spiro atoms. The number of halogens is 5. The Hall–Kier alpha value is -2.78. The third kappa shape index (κ3) is 4.68. The third-order valence-corrected chi connectivity index (χ3v) is 5.46. The maximum atomic E-state index is 13.3. The summed E-state index contributed by atoms with van der Waals surface area (Å²) < 4.78 is 47.5. The number of carbonyl (C=O) groups excluding carboxylic acids is 1. The van der Waals surface area contributed by atoms with Gasteiger partial charge in [-0.1, -0.05) is 29.3 Å². The molecule has 2 heterocycles. The molecule has 0 saturated heterocycles. The minimum absolute atomic E-state index is 0.0386. The molecule has 3 aromatic rings. The Balaban J connectivity index is 2.28. The smallest absolute Gasteiger partial charge is 0.433 e. The molecule has 0 aliphatic carbocycles. The van der Waals surface area contributed by atoms with Crippen LogP contribution in [0.5, 0.6) is 0 Å². The number of hydrogen-bond donors (Lipinski definition) is 0. The van der Waals surface area contributed by atoms with Crippen molar-refractivity contribution in [2.45, 2.75) is 33.1 Å². The molecule has 11 heteroatoms. The summed E-state index contributed by atoms with van der Waals surface area (Å²) in [5, 5.41) is 0.455. The summed E-state index contributed by atoms with van der Waals surface area (Å²) in [7, 11) is 0. The van der Waals surface area contributed by atoms with Gasteiger partial charge < -0.3 is 13.9 Å². The molecule has 0 atom stereocenters. The van der Waals surface area contributed by atoms with Crippen molar-refractivity contribution in [3.8, 4) is 11.3 Å². The number of imidazole rings is 1. The second kappa shape index (κ2) is 9.38. The molecular weight excluding hydrogens is 470 g/mol. The monoisotopic (exact) mass is 487 g/mol. The van der Waals surface area contributed by atoms with E-state index in [4.69, 9.17) is 27.9 Å². The van der Waals surface area contributed by atoms with Crippen molar-refractivity contribution in [2.75, 3.05) is 6.61 Å². The minimum Gasteiger partial charge on any atom is -0.462 e. The van der Waals surface area contributed by atoms with Crippen LogP contribution in [0.4, 0.5) is 13.2 Å². The first kappa shape index (κ1) is 23.9. The van der Waals surface area contributed by atoms with Gasteiger partial charge in [-0.05, 0) is 26.0 Å². The van der Waals surface area contributed by atoms with Gasteiger partial charge in [0, 0.05) is 23.9 Å². The van der Waals surface area contributed by atoms with Crippen LogP contribution in [-0.2, 0) is 24.0 Å². The van der Waals surface area contributed by atoms with Gasteiger partial charge in [0.05, 0.1) is 41.4 Å². The van der Waals surface area contributed by atoms with Crippen LogP contribution >= 0.6 is 23.2 Å². The molecule has 0 aliphatic heterocycles. The van der Waals surface area contributed by atoms with Crippen molar-refractivity contribution in [3.63, 3.8) is 0 Å². The van der Waals surface area contributed by atoms with Crippen LogP contribution in [0.1, 0.15) is 35.6 Å². The van der Waals surface area contributed by atoms with Crippen molar-refractivity contribution in [3.05, 3.63) is 74.0 Å². The molecule has 0 fully saturated rings. The summed E-state index contributed by atoms with van der Waals surface area (Å²) in [4.78, 5) is 29.2.